The zero-order chi connectivity index (χ0) is 19.5. The Morgan fingerprint density at radius 3 is 2.46 bits per heavy atom. The smallest absolute Gasteiger partial charge is 0.268 e. The average molecular weight is 375 g/mol. The first-order chi connectivity index (χ1) is 13.6. The van der Waals surface area contributed by atoms with E-state index in [1.54, 1.807) is 6.92 Å². The second-order valence-electron chi connectivity index (χ2n) is 6.73. The van der Waals surface area contributed by atoms with Gasteiger partial charge in [-0.2, -0.15) is 10.1 Å². The third-order valence-corrected chi connectivity index (χ3v) is 4.64. The highest BCUT2D eigenvalue weighted by atomic mass is 16.5. The number of para-hydroxylation sites is 1. The number of carbonyl (C=O) groups excluding carboxylic acids is 1. The van der Waals surface area contributed by atoms with Gasteiger partial charge < -0.3 is 9.84 Å². The van der Waals surface area contributed by atoms with Crippen molar-refractivity contribution < 1.29 is 9.32 Å². The van der Waals surface area contributed by atoms with E-state index in [2.05, 4.69) is 32.7 Å². The predicted octanol–water partition coefficient (Wildman–Crippen LogP) is 3.56. The highest BCUT2D eigenvalue weighted by molar-refractivity contribution is 6.39. The topological polar surface area (TPSA) is 83.6 Å². The first-order valence-corrected chi connectivity index (χ1v) is 9.19. The maximum atomic E-state index is 12.8. The quantitative estimate of drug-likeness (QED) is 0.737. The van der Waals surface area contributed by atoms with E-state index < -0.39 is 6.04 Å². The van der Waals surface area contributed by atoms with Crippen molar-refractivity contribution in [2.24, 2.45) is 5.10 Å². The largest absolute Gasteiger partial charge is 0.339 e. The molecule has 0 unspecified atom stereocenters. The van der Waals surface area contributed by atoms with E-state index in [-0.39, 0.29) is 11.9 Å². The molecule has 0 saturated carbocycles. The minimum absolute atomic E-state index is 0.0368. The minimum Gasteiger partial charge on any atom is -0.339 e. The maximum Gasteiger partial charge on any atom is 0.268 e. The molecule has 0 radical (unpaired) electrons. The van der Waals surface area contributed by atoms with E-state index in [0.29, 0.717) is 23.8 Å². The summed E-state index contributed by atoms with van der Waals surface area (Å²) < 4.78 is 5.14. The normalized spacial score (nSPS) is 17.3. The molecule has 2 atom stereocenters. The number of carbonyl (C=O) groups is 1. The second-order valence-corrected chi connectivity index (χ2v) is 6.73. The fourth-order valence-corrected chi connectivity index (χ4v) is 3.23. The average Bonchev–Trinajstić information content (AvgIpc) is 3.36. The lowest BCUT2D eigenvalue weighted by molar-refractivity contribution is -0.115. The van der Waals surface area contributed by atoms with Crippen molar-refractivity contribution in [2.45, 2.75) is 32.4 Å². The fourth-order valence-electron chi connectivity index (χ4n) is 3.23. The number of amides is 1. The van der Waals surface area contributed by atoms with E-state index in [9.17, 15) is 4.79 Å². The maximum absolute atomic E-state index is 12.8. The van der Waals surface area contributed by atoms with Crippen molar-refractivity contribution in [3.05, 3.63) is 77.9 Å². The van der Waals surface area contributed by atoms with E-state index in [1.807, 2.05) is 60.5 Å². The Kier molecular flexibility index (Phi) is 4.89. The highest BCUT2D eigenvalue weighted by Gasteiger charge is 2.33. The number of anilines is 1. The molecule has 142 valence electrons. The Morgan fingerprint density at radius 2 is 1.82 bits per heavy atom. The van der Waals surface area contributed by atoms with Crippen LogP contribution in [0.4, 0.5) is 5.69 Å². The van der Waals surface area contributed by atoms with Gasteiger partial charge in [0.05, 0.1) is 11.7 Å². The molecule has 1 amide bonds. The lowest BCUT2D eigenvalue weighted by Crippen LogP contribution is -2.32. The van der Waals surface area contributed by atoms with Crippen molar-refractivity contribution in [1.29, 1.82) is 0 Å². The molecular weight excluding hydrogens is 354 g/mol. The molecule has 3 aromatic rings. The van der Waals surface area contributed by atoms with E-state index in [0.717, 1.165) is 11.3 Å². The third kappa shape index (κ3) is 3.64. The Morgan fingerprint density at radius 1 is 1.14 bits per heavy atom. The van der Waals surface area contributed by atoms with Crippen LogP contribution in [0.1, 0.15) is 42.7 Å². The van der Waals surface area contributed by atoms with Gasteiger partial charge in [0.15, 0.2) is 5.82 Å². The van der Waals surface area contributed by atoms with Crippen molar-refractivity contribution in [3.8, 4) is 0 Å². The van der Waals surface area contributed by atoms with Gasteiger partial charge in [-0.05, 0) is 31.5 Å². The molecular formula is C21H21N5O2. The highest BCUT2D eigenvalue weighted by Crippen LogP contribution is 2.35. The van der Waals surface area contributed by atoms with Crippen molar-refractivity contribution in [2.75, 3.05) is 5.01 Å². The summed E-state index contributed by atoms with van der Waals surface area (Å²) in [7, 11) is 0. The molecule has 7 nitrogen and oxygen atoms in total. The van der Waals surface area contributed by atoms with Gasteiger partial charge in [-0.25, -0.2) is 0 Å². The molecule has 1 N–H and O–H groups in total. The van der Waals surface area contributed by atoms with Gasteiger partial charge >= 0.3 is 0 Å². The fraction of sp³-hybridized carbons (Fsp3) is 0.238. The zero-order valence-electron chi connectivity index (χ0n) is 15.7. The van der Waals surface area contributed by atoms with Gasteiger partial charge in [-0.15, -0.1) is 0 Å². The molecule has 0 saturated heterocycles. The number of hydrogen-bond donors (Lipinski definition) is 1. The SMILES string of the molecule is Cc1noc([C@H](C)NC(=O)C2=NN(c3ccccc3)[C@@H](c3ccccc3)C2)n1. The van der Waals surface area contributed by atoms with E-state index in [1.165, 1.54) is 0 Å². The van der Waals surface area contributed by atoms with Crippen molar-refractivity contribution in [1.82, 2.24) is 15.5 Å². The van der Waals surface area contributed by atoms with Gasteiger partial charge in [0.2, 0.25) is 5.89 Å². The van der Waals surface area contributed by atoms with Gasteiger partial charge in [0, 0.05) is 6.42 Å². The van der Waals surface area contributed by atoms with Crippen LogP contribution >= 0.6 is 0 Å². The van der Waals surface area contributed by atoms with E-state index in [4.69, 9.17) is 4.52 Å². The third-order valence-electron chi connectivity index (χ3n) is 4.64. The Hall–Kier alpha value is -3.48. The summed E-state index contributed by atoms with van der Waals surface area (Å²) in [5, 5.41) is 13.2. The Balaban J connectivity index is 1.57. The molecule has 1 aliphatic rings. The first-order valence-electron chi connectivity index (χ1n) is 9.19. The van der Waals surface area contributed by atoms with Crippen LogP contribution in [0.25, 0.3) is 0 Å². The molecule has 28 heavy (non-hydrogen) atoms. The van der Waals surface area contributed by atoms with Gasteiger partial charge in [-0.3, -0.25) is 9.80 Å². The van der Waals surface area contributed by atoms with Crippen LogP contribution < -0.4 is 10.3 Å². The van der Waals surface area contributed by atoms with Crippen LogP contribution in [0.15, 0.2) is 70.3 Å². The summed E-state index contributed by atoms with van der Waals surface area (Å²) in [6, 6.07) is 19.5. The molecule has 0 aliphatic carbocycles. The number of benzene rings is 2. The lowest BCUT2D eigenvalue weighted by atomic mass is 10.0. The summed E-state index contributed by atoms with van der Waals surface area (Å²) in [4.78, 5) is 17.0. The summed E-state index contributed by atoms with van der Waals surface area (Å²) in [5.41, 5.74) is 2.53. The molecule has 4 rings (SSSR count). The molecule has 7 heteroatoms. The van der Waals surface area contributed by atoms with Crippen LogP contribution in [-0.4, -0.2) is 21.8 Å². The number of nitrogens with one attached hydrogen (secondary N) is 1. The van der Waals surface area contributed by atoms with Crippen molar-refractivity contribution in [3.63, 3.8) is 0 Å². The number of nitrogens with zero attached hydrogens (tertiary/aromatic N) is 4. The van der Waals surface area contributed by atoms with Gasteiger partial charge in [0.25, 0.3) is 5.91 Å². The molecule has 1 aliphatic heterocycles. The molecule has 0 bridgehead atoms. The molecule has 2 aromatic carbocycles. The Bertz CT molecular complexity index is 984. The van der Waals surface area contributed by atoms with Crippen LogP contribution in [-0.2, 0) is 4.79 Å². The molecule has 0 spiro atoms. The van der Waals surface area contributed by atoms with Crippen molar-refractivity contribution >= 4 is 17.3 Å². The number of aryl methyl sites for hydroxylation is 1. The first kappa shape index (κ1) is 17.9. The van der Waals surface area contributed by atoms with Crippen LogP contribution in [0.3, 0.4) is 0 Å². The van der Waals surface area contributed by atoms with Crippen LogP contribution in [0, 0.1) is 6.92 Å². The Labute approximate surface area is 163 Å². The van der Waals surface area contributed by atoms with Crippen LogP contribution in [0.5, 0.6) is 0 Å². The predicted molar refractivity (Wildman–Crippen MR) is 106 cm³/mol. The monoisotopic (exact) mass is 375 g/mol. The van der Waals surface area contributed by atoms with E-state index >= 15 is 0 Å². The van der Waals surface area contributed by atoms with Gasteiger partial charge in [0.1, 0.15) is 11.8 Å². The molecule has 1 aromatic heterocycles. The summed E-state index contributed by atoms with van der Waals surface area (Å²) in [6.45, 7) is 3.55. The minimum atomic E-state index is -0.391. The van der Waals surface area contributed by atoms with Gasteiger partial charge in [-0.1, -0.05) is 53.7 Å². The zero-order valence-corrected chi connectivity index (χ0v) is 15.7. The molecule has 0 fully saturated rings. The number of hydrogen-bond acceptors (Lipinski definition) is 6. The van der Waals surface area contributed by atoms with Crippen LogP contribution in [0.2, 0.25) is 0 Å². The second kappa shape index (κ2) is 7.64. The lowest BCUT2D eigenvalue weighted by Gasteiger charge is -2.23. The summed E-state index contributed by atoms with van der Waals surface area (Å²) in [6.07, 6.45) is 0.514. The standard InChI is InChI=1S/C21H21N5O2/c1-14(21-23-15(2)25-28-21)22-20(27)18-13-19(16-9-5-3-6-10-16)26(24-18)17-11-7-4-8-12-17/h3-12,14,19H,13H2,1-2H3,(H,22,27)/t14-,19+/m0/s1. The number of rotatable bonds is 5. The molecule has 2 heterocycles. The summed E-state index contributed by atoms with van der Waals surface area (Å²) >= 11 is 0. The number of hydrazone groups is 1. The summed E-state index contributed by atoms with van der Waals surface area (Å²) in [5.74, 6) is 0.681. The number of aromatic nitrogens is 2.